The summed E-state index contributed by atoms with van der Waals surface area (Å²) < 4.78 is 60.0. The molecule has 9 heteroatoms. The number of nitrogens with one attached hydrogen (secondary N) is 1. The molecule has 1 amide bonds. The predicted molar refractivity (Wildman–Crippen MR) is 45.4 cm³/mol. The fourth-order valence-electron chi connectivity index (χ4n) is 0.610. The molecule has 17 heavy (non-hydrogen) atoms. The second-order valence-electron chi connectivity index (χ2n) is 3.82. The molecule has 0 saturated heterocycles. The van der Waals surface area contributed by atoms with Crippen molar-refractivity contribution in [1.29, 1.82) is 0 Å². The van der Waals surface area contributed by atoms with Crippen LogP contribution >= 0.6 is 0 Å². The summed E-state index contributed by atoms with van der Waals surface area (Å²) in [6.07, 6.45) is -5.80. The quantitative estimate of drug-likeness (QED) is 0.595. The average molecular weight is 263 g/mol. The molecular weight excluding hydrogens is 253 g/mol. The van der Waals surface area contributed by atoms with Gasteiger partial charge in [0.25, 0.3) is 0 Å². The second kappa shape index (κ2) is 4.46. The summed E-state index contributed by atoms with van der Waals surface area (Å²) in [5, 5.41) is 9.79. The second-order valence-corrected chi connectivity index (χ2v) is 3.82. The number of alkyl halides is 5. The number of hydrogen-bond donors (Lipinski definition) is 2. The van der Waals surface area contributed by atoms with E-state index in [1.54, 1.807) is 0 Å². The Bertz CT molecular complexity index is 324. The highest BCUT2D eigenvalue weighted by Crippen LogP contribution is 2.34. The molecule has 0 aliphatic heterocycles. The summed E-state index contributed by atoms with van der Waals surface area (Å²) >= 11 is 0. The molecule has 0 spiro atoms. The van der Waals surface area contributed by atoms with Crippen LogP contribution in [0.3, 0.4) is 0 Å². The molecule has 0 aromatic rings. The molecule has 2 N–H and O–H groups in total. The smallest absolute Gasteiger partial charge is 0.455 e. The molecule has 0 unspecified atom stereocenters. The van der Waals surface area contributed by atoms with E-state index in [1.165, 1.54) is 5.32 Å². The van der Waals surface area contributed by atoms with Crippen molar-refractivity contribution in [3.05, 3.63) is 0 Å². The maximum absolute atomic E-state index is 12.4. The van der Waals surface area contributed by atoms with E-state index in [4.69, 9.17) is 5.11 Å². The molecule has 0 bridgehead atoms. The van der Waals surface area contributed by atoms with Crippen LogP contribution in [-0.4, -0.2) is 35.6 Å². The molecule has 0 rings (SSSR count). The van der Waals surface area contributed by atoms with Crippen molar-refractivity contribution >= 4 is 11.9 Å². The van der Waals surface area contributed by atoms with Crippen molar-refractivity contribution < 1.29 is 36.6 Å². The maximum Gasteiger partial charge on any atom is 0.455 e. The topological polar surface area (TPSA) is 66.4 Å². The van der Waals surface area contributed by atoms with Gasteiger partial charge in [-0.15, -0.1) is 0 Å². The molecule has 0 heterocycles. The summed E-state index contributed by atoms with van der Waals surface area (Å²) in [7, 11) is 0. The van der Waals surface area contributed by atoms with Gasteiger partial charge >= 0.3 is 18.1 Å². The van der Waals surface area contributed by atoms with E-state index in [0.29, 0.717) is 0 Å². The first-order valence-corrected chi connectivity index (χ1v) is 4.28. The third-order valence-corrected chi connectivity index (χ3v) is 1.99. The van der Waals surface area contributed by atoms with Crippen molar-refractivity contribution in [2.24, 2.45) is 5.41 Å². The van der Waals surface area contributed by atoms with Crippen LogP contribution in [0.5, 0.6) is 0 Å². The van der Waals surface area contributed by atoms with E-state index >= 15 is 0 Å². The summed E-state index contributed by atoms with van der Waals surface area (Å²) in [6.45, 7) is -0.223. The van der Waals surface area contributed by atoms with Crippen LogP contribution in [0, 0.1) is 5.41 Å². The van der Waals surface area contributed by atoms with Gasteiger partial charge in [0, 0.05) is 0 Å². The number of halogens is 5. The minimum Gasteiger partial charge on any atom is -0.480 e. The zero-order valence-electron chi connectivity index (χ0n) is 8.86. The van der Waals surface area contributed by atoms with Gasteiger partial charge in [0.2, 0.25) is 5.91 Å². The fraction of sp³-hybridized carbons (Fsp3) is 0.750. The number of carbonyl (C=O) groups is 2. The van der Waals surface area contributed by atoms with Crippen molar-refractivity contribution in [2.75, 3.05) is 6.54 Å². The lowest BCUT2D eigenvalue weighted by atomic mass is 9.92. The van der Waals surface area contributed by atoms with Crippen molar-refractivity contribution in [3.63, 3.8) is 0 Å². The van der Waals surface area contributed by atoms with Gasteiger partial charge in [0.05, 0.1) is 6.54 Å². The van der Waals surface area contributed by atoms with Gasteiger partial charge in [-0.3, -0.25) is 9.59 Å². The van der Waals surface area contributed by atoms with Gasteiger partial charge in [0.15, 0.2) is 0 Å². The normalized spacial score (nSPS) is 13.4. The first kappa shape index (κ1) is 15.6. The molecule has 0 saturated carbocycles. The molecule has 4 nitrogen and oxygen atoms in total. The molecular formula is C8H10F5NO3. The third kappa shape index (κ3) is 3.53. The zero-order chi connectivity index (χ0) is 14.1. The predicted octanol–water partition coefficient (Wildman–Crippen LogP) is 1.41. The highest BCUT2D eigenvalue weighted by Gasteiger charge is 2.57. The van der Waals surface area contributed by atoms with Crippen LogP contribution in [0.2, 0.25) is 0 Å². The lowest BCUT2D eigenvalue weighted by Crippen LogP contribution is -2.51. The van der Waals surface area contributed by atoms with E-state index in [9.17, 15) is 31.5 Å². The molecule has 0 aliphatic carbocycles. The Balaban J connectivity index is 4.61. The lowest BCUT2D eigenvalue weighted by Gasteiger charge is -2.23. The van der Waals surface area contributed by atoms with Crippen LogP contribution in [0.1, 0.15) is 13.8 Å². The summed E-state index contributed by atoms with van der Waals surface area (Å²) in [5.74, 6) is -8.16. The van der Waals surface area contributed by atoms with E-state index in [-0.39, 0.29) is 0 Å². The number of carbonyl (C=O) groups excluding carboxylic acids is 1. The minimum absolute atomic E-state index is 0.885. The van der Waals surface area contributed by atoms with E-state index < -0.39 is 35.9 Å². The average Bonchev–Trinajstić information content (AvgIpc) is 2.11. The molecule has 0 atom stereocenters. The lowest BCUT2D eigenvalue weighted by molar-refractivity contribution is -0.278. The molecule has 0 aromatic heterocycles. The summed E-state index contributed by atoms with van der Waals surface area (Å²) in [4.78, 5) is 21.6. The number of amides is 1. The van der Waals surface area contributed by atoms with Gasteiger partial charge in [-0.25, -0.2) is 0 Å². The molecule has 0 radical (unpaired) electrons. The van der Waals surface area contributed by atoms with Crippen LogP contribution in [-0.2, 0) is 9.59 Å². The maximum atomic E-state index is 12.4. The van der Waals surface area contributed by atoms with Crippen molar-refractivity contribution in [2.45, 2.75) is 25.9 Å². The summed E-state index contributed by atoms with van der Waals surface area (Å²) in [6, 6.07) is 0. The zero-order valence-corrected chi connectivity index (χ0v) is 8.86. The first-order valence-electron chi connectivity index (χ1n) is 4.28. The van der Waals surface area contributed by atoms with E-state index in [1.807, 2.05) is 0 Å². The van der Waals surface area contributed by atoms with Crippen LogP contribution in [0.4, 0.5) is 22.0 Å². The Morgan fingerprint density at radius 2 is 1.53 bits per heavy atom. The van der Waals surface area contributed by atoms with Gasteiger partial charge in [0.1, 0.15) is 5.41 Å². The number of hydrogen-bond acceptors (Lipinski definition) is 2. The Hall–Kier alpha value is -1.41. The van der Waals surface area contributed by atoms with Crippen molar-refractivity contribution in [1.82, 2.24) is 5.32 Å². The highest BCUT2D eigenvalue weighted by molar-refractivity contribution is 6.00. The van der Waals surface area contributed by atoms with Crippen molar-refractivity contribution in [3.8, 4) is 0 Å². The number of rotatable bonds is 4. The van der Waals surface area contributed by atoms with E-state index in [2.05, 4.69) is 0 Å². The Kier molecular flexibility index (Phi) is 4.09. The molecule has 0 aromatic carbocycles. The van der Waals surface area contributed by atoms with Crippen LogP contribution < -0.4 is 5.32 Å². The Morgan fingerprint density at radius 3 is 1.82 bits per heavy atom. The monoisotopic (exact) mass is 263 g/mol. The molecule has 0 fully saturated rings. The largest absolute Gasteiger partial charge is 0.480 e. The Morgan fingerprint density at radius 1 is 1.12 bits per heavy atom. The fourth-order valence-corrected chi connectivity index (χ4v) is 0.610. The third-order valence-electron chi connectivity index (χ3n) is 1.99. The minimum atomic E-state index is -5.80. The molecule has 100 valence electrons. The molecule has 0 aliphatic rings. The SMILES string of the molecule is CC(C)(C(=O)O)C(=O)NCC(F)(F)C(F)(F)F. The first-order chi connectivity index (χ1) is 7.32. The standard InChI is InChI=1S/C8H10F5NO3/c1-6(2,5(16)17)4(15)14-3-7(9,10)8(11,12)13/h3H2,1-2H3,(H,14,15)(H,16,17). The van der Waals surface area contributed by atoms with Gasteiger partial charge in [-0.2, -0.15) is 22.0 Å². The Labute approximate surface area is 92.8 Å². The number of carboxylic acid groups (broad SMARTS) is 1. The van der Waals surface area contributed by atoms with E-state index in [0.717, 1.165) is 13.8 Å². The van der Waals surface area contributed by atoms with Gasteiger partial charge in [-0.05, 0) is 13.8 Å². The highest BCUT2D eigenvalue weighted by atomic mass is 19.4. The van der Waals surface area contributed by atoms with Gasteiger partial charge in [-0.1, -0.05) is 0 Å². The number of aliphatic carboxylic acids is 1. The van der Waals surface area contributed by atoms with Crippen LogP contribution in [0.25, 0.3) is 0 Å². The summed E-state index contributed by atoms with van der Waals surface area (Å²) in [5.41, 5.74) is -2.08. The van der Waals surface area contributed by atoms with Gasteiger partial charge < -0.3 is 10.4 Å². The number of carboxylic acids is 1. The van der Waals surface area contributed by atoms with Crippen LogP contribution in [0.15, 0.2) is 0 Å².